The fourth-order valence-corrected chi connectivity index (χ4v) is 8.81. The lowest BCUT2D eigenvalue weighted by atomic mass is 9.84. The van der Waals surface area contributed by atoms with Gasteiger partial charge in [-0.15, -0.1) is 10.2 Å². The molecule has 13 heteroatoms. The van der Waals surface area contributed by atoms with E-state index in [-0.39, 0.29) is 34.0 Å². The fourth-order valence-electron chi connectivity index (χ4n) is 6.19. The summed E-state index contributed by atoms with van der Waals surface area (Å²) in [6.45, 7) is 0.208. The smallest absolute Gasteiger partial charge is 0.297 e. The molecule has 0 saturated heterocycles. The van der Waals surface area contributed by atoms with Crippen LogP contribution in [0.3, 0.4) is 0 Å². The normalized spacial score (nSPS) is 16.8. The first-order valence-electron chi connectivity index (χ1n) is 14.2. The van der Waals surface area contributed by atoms with Crippen LogP contribution in [0, 0.1) is 0 Å². The average Bonchev–Trinajstić information content (AvgIpc) is 3.70. The molecule has 8 nitrogen and oxygen atoms in total. The third-order valence-electron chi connectivity index (χ3n) is 8.22. The van der Waals surface area contributed by atoms with Crippen LogP contribution in [0.5, 0.6) is 0 Å². The Morgan fingerprint density at radius 1 is 0.851 bits per heavy atom. The third kappa shape index (κ3) is 4.69. The Kier molecular flexibility index (Phi) is 7.38. The number of nitrogens with zero attached hydrogens (tertiary/aromatic N) is 4. The lowest BCUT2D eigenvalue weighted by Gasteiger charge is -2.32. The SMILES string of the molecule is O=C1c2oc3ccc(Cl)cc3c(=O)c2C2(C(=O)N(Cc3ccccc3)c3ccccc32)N1c1nnc(SCc2ccc(Cl)cc2Cl)s1. The van der Waals surface area contributed by atoms with Crippen molar-refractivity contribution in [3.8, 4) is 0 Å². The van der Waals surface area contributed by atoms with Gasteiger partial charge in [-0.2, -0.15) is 0 Å². The topological polar surface area (TPSA) is 96.6 Å². The summed E-state index contributed by atoms with van der Waals surface area (Å²) in [5.74, 6) is -0.928. The number of thioether (sulfide) groups is 1. The molecule has 1 atom stereocenters. The highest BCUT2D eigenvalue weighted by atomic mass is 35.5. The summed E-state index contributed by atoms with van der Waals surface area (Å²) in [5.41, 5.74) is 0.399. The van der Waals surface area contributed by atoms with E-state index >= 15 is 4.79 Å². The Bertz CT molecular complexity index is 2330. The van der Waals surface area contributed by atoms with Gasteiger partial charge >= 0.3 is 0 Å². The summed E-state index contributed by atoms with van der Waals surface area (Å²) >= 11 is 21.2. The zero-order valence-electron chi connectivity index (χ0n) is 23.9. The zero-order chi connectivity index (χ0) is 32.4. The lowest BCUT2D eigenvalue weighted by molar-refractivity contribution is -0.121. The number of halogens is 3. The van der Waals surface area contributed by atoms with Crippen LogP contribution in [0.4, 0.5) is 10.8 Å². The van der Waals surface area contributed by atoms with E-state index in [4.69, 9.17) is 39.2 Å². The standard InChI is InChI=1S/C34H19Cl3N4O4S2/c35-20-12-13-26-22(14-20)28(42)27-29(45-26)30(43)41(32-38-39-33(47-32)46-17-19-10-11-21(36)15-24(19)37)34(27)23-8-4-5-9-25(23)40(31(34)44)16-18-6-2-1-3-7-18/h1-15H,16-17H2. The minimum atomic E-state index is -1.91. The molecule has 2 aliphatic rings. The molecule has 1 unspecified atom stereocenters. The maximum Gasteiger partial charge on any atom is 0.297 e. The van der Waals surface area contributed by atoms with Gasteiger partial charge in [-0.25, -0.2) is 0 Å². The summed E-state index contributed by atoms with van der Waals surface area (Å²) in [6, 6.07) is 26.5. The Morgan fingerprint density at radius 2 is 1.60 bits per heavy atom. The predicted molar refractivity (Wildman–Crippen MR) is 185 cm³/mol. The maximum absolute atomic E-state index is 15.1. The molecule has 4 heterocycles. The van der Waals surface area contributed by atoms with Gasteiger partial charge in [0.1, 0.15) is 5.58 Å². The van der Waals surface area contributed by atoms with Gasteiger partial charge < -0.3 is 9.32 Å². The molecule has 2 aromatic heterocycles. The lowest BCUT2D eigenvalue weighted by Crippen LogP contribution is -2.53. The Labute approximate surface area is 290 Å². The van der Waals surface area contributed by atoms with Gasteiger partial charge in [-0.1, -0.05) is 112 Å². The highest BCUT2D eigenvalue weighted by Crippen LogP contribution is 2.55. The highest BCUT2D eigenvalue weighted by molar-refractivity contribution is 8.00. The number of fused-ring (bicyclic) bond motifs is 5. The van der Waals surface area contributed by atoms with Gasteiger partial charge in [0.15, 0.2) is 15.3 Å². The molecular formula is C34H19Cl3N4O4S2. The van der Waals surface area contributed by atoms with Crippen molar-refractivity contribution in [3.05, 3.63) is 144 Å². The second-order valence-electron chi connectivity index (χ2n) is 10.9. The van der Waals surface area contributed by atoms with Crippen LogP contribution in [0.2, 0.25) is 15.1 Å². The Hall–Kier alpha value is -4.19. The van der Waals surface area contributed by atoms with E-state index in [1.807, 2.05) is 48.5 Å². The third-order valence-corrected chi connectivity index (χ3v) is 11.1. The monoisotopic (exact) mass is 716 g/mol. The van der Waals surface area contributed by atoms with E-state index in [0.717, 1.165) is 22.5 Å². The average molecular weight is 718 g/mol. The molecule has 0 fully saturated rings. The maximum atomic E-state index is 15.1. The number of rotatable bonds is 6. The van der Waals surface area contributed by atoms with Crippen molar-refractivity contribution in [2.24, 2.45) is 0 Å². The second kappa shape index (κ2) is 11.5. The number of hydrogen-bond donors (Lipinski definition) is 0. The molecular weight excluding hydrogens is 699 g/mol. The van der Waals surface area contributed by atoms with Gasteiger partial charge in [-0.3, -0.25) is 19.3 Å². The molecule has 232 valence electrons. The number of carbonyl (C=O) groups is 2. The molecule has 0 bridgehead atoms. The second-order valence-corrected chi connectivity index (χ2v) is 14.4. The van der Waals surface area contributed by atoms with Crippen LogP contribution in [0.1, 0.15) is 32.8 Å². The summed E-state index contributed by atoms with van der Waals surface area (Å²) < 4.78 is 6.68. The van der Waals surface area contributed by atoms with E-state index in [2.05, 4.69) is 10.2 Å². The molecule has 8 rings (SSSR count). The van der Waals surface area contributed by atoms with Crippen molar-refractivity contribution in [1.29, 1.82) is 0 Å². The van der Waals surface area contributed by atoms with Crippen molar-refractivity contribution < 1.29 is 14.0 Å². The van der Waals surface area contributed by atoms with E-state index in [1.165, 1.54) is 28.8 Å². The molecule has 0 aliphatic carbocycles. The molecule has 0 saturated carbocycles. The van der Waals surface area contributed by atoms with Crippen molar-refractivity contribution >= 4 is 91.5 Å². The van der Waals surface area contributed by atoms with Gasteiger partial charge in [0.05, 0.1) is 23.2 Å². The molecule has 4 aromatic carbocycles. The predicted octanol–water partition coefficient (Wildman–Crippen LogP) is 8.35. The van der Waals surface area contributed by atoms with Crippen molar-refractivity contribution in [1.82, 2.24) is 10.2 Å². The molecule has 2 aliphatic heterocycles. The van der Waals surface area contributed by atoms with Crippen LogP contribution in [-0.2, 0) is 22.6 Å². The summed E-state index contributed by atoms with van der Waals surface area (Å²) in [7, 11) is 0. The van der Waals surface area contributed by atoms with Crippen molar-refractivity contribution in [2.45, 2.75) is 22.2 Å². The Balaban J connectivity index is 1.31. The fraction of sp³-hybridized carbons (Fsp3) is 0.0882. The Morgan fingerprint density at radius 3 is 2.40 bits per heavy atom. The van der Waals surface area contributed by atoms with E-state index < -0.39 is 22.8 Å². The first-order chi connectivity index (χ1) is 22.8. The number of aromatic nitrogens is 2. The van der Waals surface area contributed by atoms with Gasteiger partial charge in [0.25, 0.3) is 11.8 Å². The van der Waals surface area contributed by atoms with Gasteiger partial charge in [0.2, 0.25) is 10.9 Å². The molecule has 0 N–H and O–H groups in total. The van der Waals surface area contributed by atoms with Crippen molar-refractivity contribution in [2.75, 3.05) is 9.80 Å². The number of anilines is 2. The molecule has 0 radical (unpaired) electrons. The number of benzene rings is 4. The minimum absolute atomic E-state index is 0.0809. The number of para-hydroxylation sites is 1. The van der Waals surface area contributed by atoms with Gasteiger partial charge in [0, 0.05) is 26.4 Å². The van der Waals surface area contributed by atoms with Crippen LogP contribution in [0.25, 0.3) is 11.0 Å². The number of amides is 2. The summed E-state index contributed by atoms with van der Waals surface area (Å²) in [6.07, 6.45) is 0. The number of carbonyl (C=O) groups excluding carboxylic acids is 2. The zero-order valence-corrected chi connectivity index (χ0v) is 27.8. The molecule has 47 heavy (non-hydrogen) atoms. The summed E-state index contributed by atoms with van der Waals surface area (Å²) in [4.78, 5) is 46.9. The van der Waals surface area contributed by atoms with E-state index in [9.17, 15) is 9.59 Å². The largest absolute Gasteiger partial charge is 0.450 e. The van der Waals surface area contributed by atoms with Crippen molar-refractivity contribution in [3.63, 3.8) is 0 Å². The van der Waals surface area contributed by atoms with E-state index in [1.54, 1.807) is 35.2 Å². The quantitative estimate of drug-likeness (QED) is 0.126. The van der Waals surface area contributed by atoms with Crippen LogP contribution in [-0.4, -0.2) is 22.0 Å². The van der Waals surface area contributed by atoms with Crippen LogP contribution >= 0.6 is 57.9 Å². The van der Waals surface area contributed by atoms with E-state index in [0.29, 0.717) is 36.4 Å². The highest BCUT2D eigenvalue weighted by Gasteiger charge is 2.66. The number of hydrogen-bond acceptors (Lipinski definition) is 8. The minimum Gasteiger partial charge on any atom is -0.450 e. The van der Waals surface area contributed by atoms with Gasteiger partial charge in [-0.05, 0) is 47.5 Å². The first-order valence-corrected chi connectivity index (χ1v) is 17.2. The molecule has 6 aromatic rings. The van der Waals surface area contributed by atoms with Crippen LogP contribution < -0.4 is 15.2 Å². The van der Waals surface area contributed by atoms with Crippen LogP contribution in [0.15, 0.2) is 105 Å². The summed E-state index contributed by atoms with van der Waals surface area (Å²) in [5, 5.41) is 10.4. The molecule has 1 spiro atoms. The molecule has 2 amide bonds. The first kappa shape index (κ1) is 30.2.